The molecule has 0 aliphatic rings. The van der Waals surface area contributed by atoms with Crippen molar-refractivity contribution in [2.45, 2.75) is 79.7 Å². The molecule has 0 aromatic heterocycles. The van der Waals surface area contributed by atoms with Gasteiger partial charge in [0.1, 0.15) is 0 Å². The molecule has 204 valence electrons. The minimum atomic E-state index is 0.0119. The van der Waals surface area contributed by atoms with Crippen molar-refractivity contribution in [3.05, 3.63) is 103 Å². The van der Waals surface area contributed by atoms with Gasteiger partial charge in [0.2, 0.25) is 0 Å². The molecule has 0 bridgehead atoms. The Labute approximate surface area is 232 Å². The molecule has 4 N–H and O–H groups in total. The number of hydrogen-bond acceptors (Lipinski definition) is 3. The number of nitrogens with one attached hydrogen (secondary N) is 2. The highest BCUT2D eigenvalue weighted by Gasteiger charge is 2.22. The van der Waals surface area contributed by atoms with E-state index < -0.39 is 0 Å². The maximum atomic E-state index is 6.42. The predicted octanol–water partition coefficient (Wildman–Crippen LogP) is 10.1. The van der Waals surface area contributed by atoms with Crippen LogP contribution in [-0.2, 0) is 12.0 Å². The Morgan fingerprint density at radius 1 is 0.816 bits per heavy atom. The Morgan fingerprint density at radius 3 is 1.97 bits per heavy atom. The lowest BCUT2D eigenvalue weighted by Crippen LogP contribution is -2.19. The first-order valence-corrected chi connectivity index (χ1v) is 13.8. The highest BCUT2D eigenvalue weighted by molar-refractivity contribution is 5.78. The van der Waals surface area contributed by atoms with Crippen molar-refractivity contribution in [2.75, 3.05) is 16.4 Å². The van der Waals surface area contributed by atoms with Crippen LogP contribution in [0.5, 0.6) is 0 Å². The summed E-state index contributed by atoms with van der Waals surface area (Å²) in [6, 6.07) is 21.8. The second kappa shape index (κ2) is 13.4. The van der Waals surface area contributed by atoms with Gasteiger partial charge in [-0.2, -0.15) is 0 Å². The molecule has 0 spiro atoms. The van der Waals surface area contributed by atoms with Gasteiger partial charge in [0, 0.05) is 23.3 Å². The van der Waals surface area contributed by atoms with Crippen LogP contribution in [0.2, 0.25) is 0 Å². The summed E-state index contributed by atoms with van der Waals surface area (Å²) in [7, 11) is 0. The second-order valence-electron chi connectivity index (χ2n) is 11.0. The number of rotatable bonds is 11. The van der Waals surface area contributed by atoms with Gasteiger partial charge in [-0.1, -0.05) is 84.5 Å². The fraction of sp³-hybridized carbons (Fsp3) is 0.371. The number of aryl methyl sites for hydroxylation is 1. The third kappa shape index (κ3) is 7.31. The van der Waals surface area contributed by atoms with Crippen LogP contribution < -0.4 is 16.4 Å². The molecule has 0 aliphatic heterocycles. The van der Waals surface area contributed by atoms with Crippen molar-refractivity contribution in [1.82, 2.24) is 0 Å². The maximum Gasteiger partial charge on any atom is 0.0615 e. The lowest BCUT2D eigenvalue weighted by molar-refractivity contribution is 0.434. The Kier molecular flexibility index (Phi) is 10.8. The van der Waals surface area contributed by atoms with Crippen LogP contribution in [0, 0.1) is 12.3 Å². The number of anilines is 3. The second-order valence-corrected chi connectivity index (χ2v) is 11.0. The monoisotopic (exact) mass is 511 g/mol. The molecule has 3 aromatic rings. The van der Waals surface area contributed by atoms with Gasteiger partial charge in [-0.05, 0) is 83.7 Å². The lowest BCUT2D eigenvalue weighted by atomic mass is 9.77. The van der Waals surface area contributed by atoms with Gasteiger partial charge in [-0.3, -0.25) is 0 Å². The fourth-order valence-corrected chi connectivity index (χ4v) is 4.36. The van der Waals surface area contributed by atoms with Crippen LogP contribution >= 0.6 is 0 Å². The molecule has 38 heavy (non-hydrogen) atoms. The van der Waals surface area contributed by atoms with Crippen molar-refractivity contribution in [1.29, 1.82) is 0 Å². The Hall–Kier alpha value is -3.46. The first-order valence-electron chi connectivity index (χ1n) is 13.8. The van der Waals surface area contributed by atoms with Crippen LogP contribution in [-0.4, -0.2) is 0 Å². The summed E-state index contributed by atoms with van der Waals surface area (Å²) < 4.78 is 0. The first-order chi connectivity index (χ1) is 18.0. The molecule has 3 aromatic carbocycles. The molecule has 0 aliphatic carbocycles. The molecule has 0 unspecified atom stereocenters. The molecule has 0 radical (unpaired) electrons. The maximum absolute atomic E-state index is 6.42. The summed E-state index contributed by atoms with van der Waals surface area (Å²) in [6.07, 6.45) is 3.31. The molecule has 0 fully saturated rings. The predicted molar refractivity (Wildman–Crippen MR) is 171 cm³/mol. The average molecular weight is 512 g/mol. The molecule has 0 saturated carbocycles. The zero-order valence-corrected chi connectivity index (χ0v) is 24.8. The van der Waals surface area contributed by atoms with E-state index in [9.17, 15) is 0 Å². The Balaban J connectivity index is 0.00000247. The number of hydrogen-bond donors (Lipinski definition) is 3. The molecule has 3 rings (SSSR count). The largest absolute Gasteiger partial charge is 0.397 e. The summed E-state index contributed by atoms with van der Waals surface area (Å²) in [5.41, 5.74) is 16.7. The Bertz CT molecular complexity index is 1220. The van der Waals surface area contributed by atoms with Crippen LogP contribution in [0.1, 0.15) is 77.5 Å². The quantitative estimate of drug-likeness (QED) is 0.177. The smallest absolute Gasteiger partial charge is 0.0615 e. The van der Waals surface area contributed by atoms with E-state index in [1.165, 1.54) is 16.7 Å². The molecular weight excluding hydrogens is 462 g/mol. The summed E-state index contributed by atoms with van der Waals surface area (Å²) >= 11 is 0. The van der Waals surface area contributed by atoms with E-state index in [2.05, 4.69) is 133 Å². The molecule has 0 heterocycles. The van der Waals surface area contributed by atoms with Gasteiger partial charge in [0.15, 0.2) is 0 Å². The zero-order valence-electron chi connectivity index (χ0n) is 24.8. The summed E-state index contributed by atoms with van der Waals surface area (Å²) in [5.74, 6) is 0. The Morgan fingerprint density at radius 2 is 1.42 bits per heavy atom. The van der Waals surface area contributed by atoms with Crippen molar-refractivity contribution in [3.8, 4) is 11.1 Å². The van der Waals surface area contributed by atoms with Crippen molar-refractivity contribution < 1.29 is 0 Å². The van der Waals surface area contributed by atoms with Crippen LogP contribution in [0.25, 0.3) is 11.1 Å². The number of nitrogens with two attached hydrogens (primary N) is 1. The van der Waals surface area contributed by atoms with Crippen LogP contribution in [0.4, 0.5) is 17.1 Å². The van der Waals surface area contributed by atoms with E-state index in [0.29, 0.717) is 0 Å². The minimum Gasteiger partial charge on any atom is -0.397 e. The summed E-state index contributed by atoms with van der Waals surface area (Å²) in [4.78, 5) is 0. The third-order valence-corrected chi connectivity index (χ3v) is 8.27. The van der Waals surface area contributed by atoms with E-state index in [1.807, 2.05) is 6.07 Å². The molecule has 0 amide bonds. The third-order valence-electron chi connectivity index (χ3n) is 8.27. The number of nitrogen functional groups attached to an aromatic ring is 1. The van der Waals surface area contributed by atoms with E-state index in [0.717, 1.165) is 59.7 Å². The van der Waals surface area contributed by atoms with Crippen molar-refractivity contribution in [2.24, 2.45) is 5.41 Å². The molecule has 3 nitrogen and oxygen atoms in total. The molecular formula is C35H49N3. The van der Waals surface area contributed by atoms with Gasteiger partial charge in [0.25, 0.3) is 0 Å². The van der Waals surface area contributed by atoms with Gasteiger partial charge < -0.3 is 16.4 Å². The van der Waals surface area contributed by atoms with Crippen molar-refractivity contribution >= 4 is 17.1 Å². The molecule has 0 saturated heterocycles. The topological polar surface area (TPSA) is 50.1 Å². The van der Waals surface area contributed by atoms with Crippen molar-refractivity contribution in [3.63, 3.8) is 0 Å². The SMILES string of the molecule is C=C.C=C(Nc1ccc(-c2ccc(NCc3cccc(C(C)(CC)CC)c3)c(C)c2)cc1N)C(C)(C)CC. The highest BCUT2D eigenvalue weighted by atomic mass is 14.9. The number of benzene rings is 3. The average Bonchev–Trinajstić information content (AvgIpc) is 2.94. The molecule has 0 atom stereocenters. The first kappa shape index (κ1) is 30.8. The van der Waals surface area contributed by atoms with Crippen LogP contribution in [0.15, 0.2) is 86.1 Å². The van der Waals surface area contributed by atoms with E-state index in [1.54, 1.807) is 0 Å². The van der Waals surface area contributed by atoms with Crippen LogP contribution in [0.3, 0.4) is 0 Å². The van der Waals surface area contributed by atoms with E-state index >= 15 is 0 Å². The standard InChI is InChI=1S/C33H45N3.C2H4/c1-9-32(6,7)24(5)36-31-18-16-27(21-29(31)34)26-15-17-30(23(4)19-26)35-22-25-13-12-14-28(20-25)33(8,10-2)11-3;1-2/h12-21,35-36H,5,9-11,22,34H2,1-4,6-8H3;1-2H2. The van der Waals surface area contributed by atoms with Gasteiger partial charge in [0.05, 0.1) is 11.4 Å². The summed E-state index contributed by atoms with van der Waals surface area (Å²) in [5, 5.41) is 7.06. The van der Waals surface area contributed by atoms with E-state index in [-0.39, 0.29) is 10.8 Å². The normalized spacial score (nSPS) is 11.3. The number of allylic oxidation sites excluding steroid dienone is 1. The highest BCUT2D eigenvalue weighted by Crippen LogP contribution is 2.34. The lowest BCUT2D eigenvalue weighted by Gasteiger charge is -2.28. The van der Waals surface area contributed by atoms with Gasteiger partial charge in [-0.25, -0.2) is 0 Å². The molecule has 3 heteroatoms. The van der Waals surface area contributed by atoms with Gasteiger partial charge >= 0.3 is 0 Å². The minimum absolute atomic E-state index is 0.0119. The van der Waals surface area contributed by atoms with E-state index in [4.69, 9.17) is 5.73 Å². The zero-order chi connectivity index (χ0) is 28.5. The van der Waals surface area contributed by atoms with Gasteiger partial charge in [-0.15, -0.1) is 13.2 Å². The summed E-state index contributed by atoms with van der Waals surface area (Å²) in [6.45, 7) is 26.7. The fourth-order valence-electron chi connectivity index (χ4n) is 4.36.